The fourth-order valence-corrected chi connectivity index (χ4v) is 1.58. The van der Waals surface area contributed by atoms with E-state index in [0.717, 1.165) is 12.3 Å². The third-order valence-electron chi connectivity index (χ3n) is 2.70. The highest BCUT2D eigenvalue weighted by atomic mass is 16.5. The number of carbonyl (C=O) groups excluding carboxylic acids is 1. The minimum atomic E-state index is -0.413. The first-order valence-corrected chi connectivity index (χ1v) is 5.92. The molecule has 0 spiro atoms. The molecule has 6 nitrogen and oxygen atoms in total. The molecular formula is C15H12O6. The summed E-state index contributed by atoms with van der Waals surface area (Å²) in [6.45, 7) is 0. The highest BCUT2D eigenvalue weighted by Gasteiger charge is 2.07. The molecule has 0 aliphatic rings. The van der Waals surface area contributed by atoms with E-state index in [1.165, 1.54) is 37.5 Å². The fraction of sp³-hybridized carbons (Fsp3) is 0.0667. The van der Waals surface area contributed by atoms with Gasteiger partial charge in [0.2, 0.25) is 11.2 Å². The van der Waals surface area contributed by atoms with Gasteiger partial charge in [-0.15, -0.1) is 0 Å². The Morgan fingerprint density at radius 3 is 2.62 bits per heavy atom. The number of ether oxygens (including phenoxy) is 1. The summed E-state index contributed by atoms with van der Waals surface area (Å²) in [5, 5.41) is 18.5. The van der Waals surface area contributed by atoms with Gasteiger partial charge >= 0.3 is 0 Å². The predicted molar refractivity (Wildman–Crippen MR) is 74.7 cm³/mol. The van der Waals surface area contributed by atoms with Crippen LogP contribution in [0.3, 0.4) is 0 Å². The van der Waals surface area contributed by atoms with Crippen LogP contribution in [0.25, 0.3) is 6.08 Å². The molecule has 2 N–H and O–H groups in total. The molecule has 6 heteroatoms. The Labute approximate surface area is 119 Å². The van der Waals surface area contributed by atoms with Crippen LogP contribution >= 0.6 is 0 Å². The summed E-state index contributed by atoms with van der Waals surface area (Å²) in [6.07, 6.45) is 3.67. The van der Waals surface area contributed by atoms with E-state index in [0.29, 0.717) is 0 Å². The maximum atomic E-state index is 11.9. The molecule has 2 aromatic rings. The lowest BCUT2D eigenvalue weighted by molar-refractivity contribution is 0.104. The van der Waals surface area contributed by atoms with Crippen molar-refractivity contribution < 1.29 is 24.2 Å². The lowest BCUT2D eigenvalue weighted by Gasteiger charge is -2.00. The molecule has 108 valence electrons. The van der Waals surface area contributed by atoms with Crippen LogP contribution in [0.2, 0.25) is 0 Å². The molecule has 2 rings (SSSR count). The van der Waals surface area contributed by atoms with E-state index in [9.17, 15) is 19.8 Å². The SMILES string of the molecule is COc1coc(C=CC(=O)c2ccc(O)c(O)c2)cc1=O. The molecule has 0 amide bonds. The van der Waals surface area contributed by atoms with Crippen LogP contribution in [-0.4, -0.2) is 23.1 Å². The number of ketones is 1. The number of phenolic OH excluding ortho intramolecular Hbond substituents is 2. The van der Waals surface area contributed by atoms with Crippen molar-refractivity contribution >= 4 is 11.9 Å². The van der Waals surface area contributed by atoms with Crippen LogP contribution in [0, 0.1) is 0 Å². The van der Waals surface area contributed by atoms with Gasteiger partial charge in [-0.3, -0.25) is 9.59 Å². The van der Waals surface area contributed by atoms with Gasteiger partial charge in [0, 0.05) is 11.6 Å². The summed E-state index contributed by atoms with van der Waals surface area (Å²) >= 11 is 0. The molecule has 0 aliphatic carbocycles. The monoisotopic (exact) mass is 288 g/mol. The van der Waals surface area contributed by atoms with Crippen molar-refractivity contribution in [2.24, 2.45) is 0 Å². The molecule has 0 fully saturated rings. The molecule has 1 aromatic heterocycles. The number of hydrogen-bond donors (Lipinski definition) is 2. The summed E-state index contributed by atoms with van der Waals surface area (Å²) in [5.74, 6) is -0.843. The summed E-state index contributed by atoms with van der Waals surface area (Å²) in [4.78, 5) is 23.4. The van der Waals surface area contributed by atoms with Crippen LogP contribution in [-0.2, 0) is 0 Å². The van der Waals surface area contributed by atoms with E-state index < -0.39 is 5.78 Å². The van der Waals surface area contributed by atoms with E-state index in [-0.39, 0.29) is 34.0 Å². The van der Waals surface area contributed by atoms with E-state index in [1.54, 1.807) is 0 Å². The van der Waals surface area contributed by atoms with Crippen molar-refractivity contribution in [2.45, 2.75) is 0 Å². The number of allylic oxidation sites excluding steroid dienone is 1. The van der Waals surface area contributed by atoms with Crippen molar-refractivity contribution in [1.82, 2.24) is 0 Å². The molecule has 0 saturated heterocycles. The Balaban J connectivity index is 2.20. The summed E-state index contributed by atoms with van der Waals surface area (Å²) in [6, 6.07) is 4.92. The zero-order valence-electron chi connectivity index (χ0n) is 11.1. The quantitative estimate of drug-likeness (QED) is 0.507. The van der Waals surface area contributed by atoms with E-state index >= 15 is 0 Å². The molecule has 0 bridgehead atoms. The van der Waals surface area contributed by atoms with Crippen molar-refractivity contribution in [3.8, 4) is 17.2 Å². The van der Waals surface area contributed by atoms with Gasteiger partial charge < -0.3 is 19.4 Å². The predicted octanol–water partition coefficient (Wildman–Crippen LogP) is 1.96. The smallest absolute Gasteiger partial charge is 0.227 e. The van der Waals surface area contributed by atoms with Crippen LogP contribution in [0.1, 0.15) is 16.1 Å². The number of methoxy groups -OCH3 is 1. The van der Waals surface area contributed by atoms with E-state index in [1.807, 2.05) is 0 Å². The van der Waals surface area contributed by atoms with Crippen molar-refractivity contribution in [1.29, 1.82) is 0 Å². The summed E-state index contributed by atoms with van der Waals surface area (Å²) < 4.78 is 9.88. The Morgan fingerprint density at radius 2 is 2.00 bits per heavy atom. The average molecular weight is 288 g/mol. The highest BCUT2D eigenvalue weighted by molar-refractivity contribution is 6.07. The Morgan fingerprint density at radius 1 is 1.24 bits per heavy atom. The lowest BCUT2D eigenvalue weighted by Crippen LogP contribution is -2.03. The van der Waals surface area contributed by atoms with Gasteiger partial charge in [-0.2, -0.15) is 0 Å². The first kappa shape index (κ1) is 14.4. The van der Waals surface area contributed by atoms with Gasteiger partial charge in [-0.05, 0) is 30.4 Å². The van der Waals surface area contributed by atoms with Crippen molar-refractivity contribution in [3.05, 3.63) is 58.2 Å². The molecule has 1 aromatic carbocycles. The second-order valence-corrected chi connectivity index (χ2v) is 4.12. The van der Waals surface area contributed by atoms with Crippen LogP contribution in [0.15, 0.2) is 45.8 Å². The van der Waals surface area contributed by atoms with Crippen molar-refractivity contribution in [2.75, 3.05) is 7.11 Å². The van der Waals surface area contributed by atoms with Crippen molar-refractivity contribution in [3.63, 3.8) is 0 Å². The topological polar surface area (TPSA) is 97.0 Å². The Bertz CT molecular complexity index is 757. The highest BCUT2D eigenvalue weighted by Crippen LogP contribution is 2.25. The maximum absolute atomic E-state index is 11.9. The van der Waals surface area contributed by atoms with Gasteiger partial charge in [-0.25, -0.2) is 0 Å². The molecule has 21 heavy (non-hydrogen) atoms. The van der Waals surface area contributed by atoms with E-state index in [4.69, 9.17) is 9.15 Å². The van der Waals surface area contributed by atoms with Gasteiger partial charge in [0.25, 0.3) is 0 Å². The van der Waals surface area contributed by atoms with E-state index in [2.05, 4.69) is 0 Å². The molecule has 0 atom stereocenters. The zero-order chi connectivity index (χ0) is 15.4. The average Bonchev–Trinajstić information content (AvgIpc) is 2.47. The minimum Gasteiger partial charge on any atom is -0.504 e. The van der Waals surface area contributed by atoms with Crippen LogP contribution in [0.4, 0.5) is 0 Å². The van der Waals surface area contributed by atoms with Gasteiger partial charge in [0.05, 0.1) is 7.11 Å². The fourth-order valence-electron chi connectivity index (χ4n) is 1.58. The van der Waals surface area contributed by atoms with Crippen LogP contribution in [0.5, 0.6) is 17.2 Å². The summed E-state index contributed by atoms with van der Waals surface area (Å²) in [7, 11) is 1.35. The second kappa shape index (κ2) is 5.96. The Kier molecular flexibility index (Phi) is 4.08. The third kappa shape index (κ3) is 3.30. The molecule has 0 saturated carbocycles. The Hall–Kier alpha value is -3.02. The number of hydrogen-bond acceptors (Lipinski definition) is 6. The second-order valence-electron chi connectivity index (χ2n) is 4.12. The molecule has 0 radical (unpaired) electrons. The molecule has 1 heterocycles. The third-order valence-corrected chi connectivity index (χ3v) is 2.70. The number of phenols is 2. The first-order chi connectivity index (χ1) is 10.0. The van der Waals surface area contributed by atoms with Crippen LogP contribution < -0.4 is 10.2 Å². The van der Waals surface area contributed by atoms with Gasteiger partial charge in [0.15, 0.2) is 17.3 Å². The number of carbonyl (C=O) groups is 1. The minimum absolute atomic E-state index is 0.0712. The largest absolute Gasteiger partial charge is 0.504 e. The van der Waals surface area contributed by atoms with Gasteiger partial charge in [-0.1, -0.05) is 0 Å². The molecule has 0 aliphatic heterocycles. The normalized spacial score (nSPS) is 10.7. The number of aromatic hydroxyl groups is 2. The van der Waals surface area contributed by atoms with Gasteiger partial charge in [0.1, 0.15) is 12.0 Å². The summed E-state index contributed by atoms with van der Waals surface area (Å²) in [5.41, 5.74) is -0.171. The lowest BCUT2D eigenvalue weighted by atomic mass is 10.1. The molecule has 0 unspecified atom stereocenters. The number of rotatable bonds is 4. The first-order valence-electron chi connectivity index (χ1n) is 5.92. The number of benzene rings is 1. The maximum Gasteiger partial charge on any atom is 0.227 e. The zero-order valence-corrected chi connectivity index (χ0v) is 11.1. The molecular weight excluding hydrogens is 276 g/mol. The standard InChI is InChI=1S/C15H12O6/c1-20-15-8-21-10(7-14(15)19)3-5-11(16)9-2-4-12(17)13(18)6-9/h2-8,17-18H,1H3.